The summed E-state index contributed by atoms with van der Waals surface area (Å²) in [6, 6.07) is 8.01. The Morgan fingerprint density at radius 2 is 1.70 bits per heavy atom. The highest BCUT2D eigenvalue weighted by molar-refractivity contribution is 5.64. The molecule has 0 bridgehead atoms. The summed E-state index contributed by atoms with van der Waals surface area (Å²) in [6.07, 6.45) is 1.65. The Morgan fingerprint density at radius 3 is 2.43 bits per heavy atom. The Kier molecular flexibility index (Phi) is 2.12. The summed E-state index contributed by atoms with van der Waals surface area (Å²) < 4.78 is 5.75. The molecule has 4 N–H and O–H groups in total. The van der Waals surface area contributed by atoms with Gasteiger partial charge >= 0.3 is 0 Å². The third kappa shape index (κ3) is 1.37. The van der Waals surface area contributed by atoms with Crippen LogP contribution in [0.2, 0.25) is 0 Å². The molecule has 1 saturated carbocycles. The number of aliphatic hydroxyl groups is 1. The molecule has 3 aliphatic rings. The summed E-state index contributed by atoms with van der Waals surface area (Å²) in [4.78, 5) is 0. The fourth-order valence-electron chi connectivity index (χ4n) is 4.56. The van der Waals surface area contributed by atoms with E-state index < -0.39 is 11.0 Å². The van der Waals surface area contributed by atoms with Crippen LogP contribution in [-0.4, -0.2) is 32.6 Å². The molecule has 23 heavy (non-hydrogen) atoms. The molecule has 0 radical (unpaired) electrons. The van der Waals surface area contributed by atoms with Crippen LogP contribution >= 0.6 is 0 Å². The van der Waals surface area contributed by atoms with Crippen LogP contribution in [0.5, 0.6) is 23.0 Å². The van der Waals surface area contributed by atoms with Crippen molar-refractivity contribution in [1.29, 1.82) is 0 Å². The highest BCUT2D eigenvalue weighted by atomic mass is 16.5. The molecule has 118 valence electrons. The second kappa shape index (κ2) is 3.74. The van der Waals surface area contributed by atoms with Crippen molar-refractivity contribution in [1.82, 2.24) is 0 Å². The van der Waals surface area contributed by atoms with E-state index in [-0.39, 0.29) is 29.8 Å². The van der Waals surface area contributed by atoms with Crippen LogP contribution in [0.3, 0.4) is 0 Å². The fraction of sp³-hybridized carbons (Fsp3) is 0.333. The van der Waals surface area contributed by atoms with Gasteiger partial charge in [-0.1, -0.05) is 6.07 Å². The molecule has 0 saturated heterocycles. The van der Waals surface area contributed by atoms with Gasteiger partial charge in [0.1, 0.15) is 23.7 Å². The number of phenols is 3. The van der Waals surface area contributed by atoms with Crippen molar-refractivity contribution in [2.45, 2.75) is 29.8 Å². The van der Waals surface area contributed by atoms with Gasteiger partial charge in [-0.3, -0.25) is 0 Å². The van der Waals surface area contributed by atoms with E-state index in [0.717, 1.165) is 29.5 Å². The van der Waals surface area contributed by atoms with Gasteiger partial charge in [0.2, 0.25) is 0 Å². The number of ether oxygens (including phenoxy) is 1. The molecule has 2 aromatic carbocycles. The molecule has 5 nitrogen and oxygen atoms in total. The van der Waals surface area contributed by atoms with Gasteiger partial charge < -0.3 is 25.2 Å². The van der Waals surface area contributed by atoms with Crippen LogP contribution in [0.15, 0.2) is 30.3 Å². The van der Waals surface area contributed by atoms with E-state index in [0.29, 0.717) is 5.75 Å². The first-order valence-electron chi connectivity index (χ1n) is 7.71. The minimum absolute atomic E-state index is 0.113. The van der Waals surface area contributed by atoms with Crippen molar-refractivity contribution in [3.63, 3.8) is 0 Å². The summed E-state index contributed by atoms with van der Waals surface area (Å²) in [6.45, 7) is 0.129. The van der Waals surface area contributed by atoms with Gasteiger partial charge in [0, 0.05) is 23.0 Å². The highest BCUT2D eigenvalue weighted by Crippen LogP contribution is 2.69. The van der Waals surface area contributed by atoms with Crippen molar-refractivity contribution in [3.05, 3.63) is 47.0 Å². The first-order chi connectivity index (χ1) is 11.0. The molecule has 1 heterocycles. The van der Waals surface area contributed by atoms with Crippen molar-refractivity contribution < 1.29 is 25.2 Å². The monoisotopic (exact) mass is 312 g/mol. The Morgan fingerprint density at radius 1 is 0.957 bits per heavy atom. The SMILES string of the molecule is Oc1ccc2c(c1)OC[C@@]1(O)[C@@H]2c2cc(O)c(O)cc2C12CC2. The highest BCUT2D eigenvalue weighted by Gasteiger charge is 2.70. The Hall–Kier alpha value is -2.40. The number of aromatic hydroxyl groups is 3. The van der Waals surface area contributed by atoms with Crippen LogP contribution in [-0.2, 0) is 5.41 Å². The molecule has 1 spiro atoms. The second-order valence-corrected chi connectivity index (χ2v) is 6.88. The van der Waals surface area contributed by atoms with Crippen LogP contribution in [0.4, 0.5) is 0 Å². The average molecular weight is 312 g/mol. The maximum atomic E-state index is 11.5. The third-order valence-corrected chi connectivity index (χ3v) is 5.79. The molecule has 1 aliphatic heterocycles. The average Bonchev–Trinajstić information content (AvgIpc) is 3.29. The topological polar surface area (TPSA) is 90.2 Å². The summed E-state index contributed by atoms with van der Waals surface area (Å²) >= 11 is 0. The van der Waals surface area contributed by atoms with Gasteiger partial charge in [0.25, 0.3) is 0 Å². The second-order valence-electron chi connectivity index (χ2n) is 6.88. The van der Waals surface area contributed by atoms with E-state index in [9.17, 15) is 20.4 Å². The van der Waals surface area contributed by atoms with E-state index in [2.05, 4.69) is 0 Å². The van der Waals surface area contributed by atoms with Crippen LogP contribution in [0.1, 0.15) is 35.4 Å². The molecular formula is C18H16O5. The van der Waals surface area contributed by atoms with Gasteiger partial charge in [-0.25, -0.2) is 0 Å². The largest absolute Gasteiger partial charge is 0.508 e. The lowest BCUT2D eigenvalue weighted by Gasteiger charge is -2.40. The predicted octanol–water partition coefficient (Wildman–Crippen LogP) is 2.10. The van der Waals surface area contributed by atoms with E-state index in [1.807, 2.05) is 0 Å². The van der Waals surface area contributed by atoms with Gasteiger partial charge in [0.05, 0.1) is 0 Å². The van der Waals surface area contributed by atoms with Crippen molar-refractivity contribution in [3.8, 4) is 23.0 Å². The van der Waals surface area contributed by atoms with Crippen molar-refractivity contribution >= 4 is 0 Å². The van der Waals surface area contributed by atoms with Crippen molar-refractivity contribution in [2.75, 3.05) is 6.61 Å². The Bertz CT molecular complexity index is 855. The summed E-state index contributed by atoms with van der Waals surface area (Å²) in [5, 5.41) is 41.0. The zero-order chi connectivity index (χ0) is 16.0. The molecule has 2 atom stereocenters. The van der Waals surface area contributed by atoms with E-state index in [1.54, 1.807) is 30.3 Å². The number of hydrogen-bond acceptors (Lipinski definition) is 5. The van der Waals surface area contributed by atoms with Gasteiger partial charge in [0.15, 0.2) is 11.5 Å². The molecule has 1 fully saturated rings. The molecule has 5 rings (SSSR count). The molecule has 5 heteroatoms. The lowest BCUT2D eigenvalue weighted by atomic mass is 9.75. The molecular weight excluding hydrogens is 296 g/mol. The normalized spacial score (nSPS) is 28.7. The third-order valence-electron chi connectivity index (χ3n) is 5.79. The molecule has 0 amide bonds. The van der Waals surface area contributed by atoms with Crippen LogP contribution in [0, 0.1) is 0 Å². The first-order valence-corrected chi connectivity index (χ1v) is 7.71. The van der Waals surface area contributed by atoms with E-state index >= 15 is 0 Å². The standard InChI is InChI=1S/C18H16O5/c19-9-1-2-10-15(5-9)23-8-18(22)16(10)11-6-13(20)14(21)7-12(11)17(18)3-4-17/h1-2,5-7,16,19-22H,3-4,8H2/t16-,18+/m0/s1. The molecule has 2 aromatic rings. The minimum Gasteiger partial charge on any atom is -0.508 e. The Balaban J connectivity index is 1.81. The first kappa shape index (κ1) is 13.1. The number of hydrogen-bond donors (Lipinski definition) is 4. The summed E-state index contributed by atoms with van der Waals surface area (Å²) in [7, 11) is 0. The number of phenolic OH excluding ortho intramolecular Hbond substituents is 3. The summed E-state index contributed by atoms with van der Waals surface area (Å²) in [5.41, 5.74) is 1.000. The summed E-state index contributed by atoms with van der Waals surface area (Å²) in [5.74, 6) is -0.0198. The molecule has 2 aliphatic carbocycles. The van der Waals surface area contributed by atoms with Crippen molar-refractivity contribution in [2.24, 2.45) is 0 Å². The lowest BCUT2D eigenvalue weighted by molar-refractivity contribution is -0.0517. The van der Waals surface area contributed by atoms with Gasteiger partial charge in [-0.05, 0) is 42.2 Å². The molecule has 0 aromatic heterocycles. The fourth-order valence-corrected chi connectivity index (χ4v) is 4.56. The zero-order valence-electron chi connectivity index (χ0n) is 12.3. The van der Waals surface area contributed by atoms with Crippen LogP contribution in [0.25, 0.3) is 0 Å². The maximum absolute atomic E-state index is 11.5. The van der Waals surface area contributed by atoms with Gasteiger partial charge in [-0.2, -0.15) is 0 Å². The van der Waals surface area contributed by atoms with Gasteiger partial charge in [-0.15, -0.1) is 0 Å². The number of benzene rings is 2. The number of rotatable bonds is 0. The smallest absolute Gasteiger partial charge is 0.157 e. The zero-order valence-corrected chi connectivity index (χ0v) is 12.3. The minimum atomic E-state index is -1.10. The lowest BCUT2D eigenvalue weighted by Crippen LogP contribution is -2.50. The van der Waals surface area contributed by atoms with E-state index in [4.69, 9.17) is 4.74 Å². The maximum Gasteiger partial charge on any atom is 0.157 e. The van der Waals surface area contributed by atoms with Crippen LogP contribution < -0.4 is 4.74 Å². The number of fused-ring (bicyclic) bond motifs is 7. The van der Waals surface area contributed by atoms with E-state index in [1.165, 1.54) is 0 Å². The predicted molar refractivity (Wildman–Crippen MR) is 81.1 cm³/mol. The Labute approximate surface area is 132 Å². The molecule has 0 unspecified atom stereocenters. The quantitative estimate of drug-likeness (QED) is 0.559.